The van der Waals surface area contributed by atoms with Crippen molar-refractivity contribution < 1.29 is 19.0 Å². The molecule has 2 rings (SSSR count). The van der Waals surface area contributed by atoms with Crippen molar-refractivity contribution in [1.82, 2.24) is 0 Å². The lowest BCUT2D eigenvalue weighted by atomic mass is 10.0. The summed E-state index contributed by atoms with van der Waals surface area (Å²) in [6.07, 6.45) is -1.14. The fraction of sp³-hybridized carbons (Fsp3) is 0.200. The molecule has 0 heterocycles. The van der Waals surface area contributed by atoms with E-state index in [4.69, 9.17) is 21.1 Å². The van der Waals surface area contributed by atoms with Crippen molar-refractivity contribution in [3.63, 3.8) is 0 Å². The first-order valence-corrected chi connectivity index (χ1v) is 7.19. The molecule has 0 aliphatic heterocycles. The second-order valence-corrected chi connectivity index (χ2v) is 5.57. The molecule has 0 radical (unpaired) electrons. The first kappa shape index (κ1) is 16.1. The highest BCUT2D eigenvalue weighted by Gasteiger charge is 2.19. The average molecular weight is 376 g/mol. The largest absolute Gasteiger partial charge is 0.493 e. The van der Waals surface area contributed by atoms with Crippen LogP contribution in [0.1, 0.15) is 17.2 Å². The van der Waals surface area contributed by atoms with Crippen LogP contribution in [0.25, 0.3) is 0 Å². The number of benzene rings is 2. The zero-order chi connectivity index (χ0) is 15.6. The highest BCUT2D eigenvalue weighted by Crippen LogP contribution is 2.35. The predicted molar refractivity (Wildman–Crippen MR) is 82.7 cm³/mol. The molecule has 2 aromatic rings. The average Bonchev–Trinajstić information content (AvgIpc) is 2.49. The van der Waals surface area contributed by atoms with Gasteiger partial charge in [-0.3, -0.25) is 0 Å². The Morgan fingerprint density at radius 2 is 1.76 bits per heavy atom. The van der Waals surface area contributed by atoms with Crippen LogP contribution in [0.3, 0.4) is 0 Å². The summed E-state index contributed by atoms with van der Waals surface area (Å²) in [4.78, 5) is 0. The van der Waals surface area contributed by atoms with Gasteiger partial charge in [0, 0.05) is 16.1 Å². The smallest absolute Gasteiger partial charge is 0.163 e. The van der Waals surface area contributed by atoms with Crippen molar-refractivity contribution in [1.29, 1.82) is 0 Å². The molecule has 1 N–H and O–H groups in total. The van der Waals surface area contributed by atoms with Crippen LogP contribution in [0.5, 0.6) is 11.5 Å². The number of hydrogen-bond acceptors (Lipinski definition) is 3. The maximum Gasteiger partial charge on any atom is 0.163 e. The van der Waals surface area contributed by atoms with Gasteiger partial charge in [0.2, 0.25) is 0 Å². The first-order valence-electron chi connectivity index (χ1n) is 6.02. The summed E-state index contributed by atoms with van der Waals surface area (Å²) >= 11 is 9.19. The standard InChI is InChI=1S/C15H13BrClFO3/c1-20-13-6-9(12(18)7-14(13)21-2)15(19)8-3-4-11(17)10(16)5-8/h3-7,15,19H,1-2H3. The Bertz CT molecular complexity index is 664. The highest BCUT2D eigenvalue weighted by atomic mass is 79.9. The molecule has 0 aromatic heterocycles. The molecule has 0 saturated carbocycles. The Morgan fingerprint density at radius 1 is 1.14 bits per heavy atom. The van der Waals surface area contributed by atoms with Crippen LogP contribution in [-0.4, -0.2) is 19.3 Å². The van der Waals surface area contributed by atoms with Gasteiger partial charge in [-0.2, -0.15) is 0 Å². The van der Waals surface area contributed by atoms with E-state index in [0.717, 1.165) is 0 Å². The quantitative estimate of drug-likeness (QED) is 0.864. The molecule has 0 aliphatic carbocycles. The van der Waals surface area contributed by atoms with Crippen LogP contribution in [0, 0.1) is 5.82 Å². The topological polar surface area (TPSA) is 38.7 Å². The number of ether oxygens (including phenoxy) is 2. The van der Waals surface area contributed by atoms with Crippen molar-refractivity contribution in [3.8, 4) is 11.5 Å². The Kier molecular flexibility index (Phi) is 5.08. The van der Waals surface area contributed by atoms with Gasteiger partial charge in [-0.25, -0.2) is 4.39 Å². The Balaban J connectivity index is 2.47. The third-order valence-electron chi connectivity index (χ3n) is 3.06. The van der Waals surface area contributed by atoms with Gasteiger partial charge in [-0.05, 0) is 39.7 Å². The van der Waals surface area contributed by atoms with Gasteiger partial charge in [-0.15, -0.1) is 0 Å². The highest BCUT2D eigenvalue weighted by molar-refractivity contribution is 9.10. The summed E-state index contributed by atoms with van der Waals surface area (Å²) in [5, 5.41) is 10.9. The summed E-state index contributed by atoms with van der Waals surface area (Å²) in [6, 6.07) is 7.50. The predicted octanol–water partition coefficient (Wildman–Crippen LogP) is 4.34. The molecule has 0 spiro atoms. The lowest BCUT2D eigenvalue weighted by Gasteiger charge is -2.16. The van der Waals surface area contributed by atoms with Crippen LogP contribution in [0.4, 0.5) is 4.39 Å². The van der Waals surface area contributed by atoms with E-state index < -0.39 is 11.9 Å². The normalized spacial score (nSPS) is 12.1. The van der Waals surface area contributed by atoms with Crippen molar-refractivity contribution >= 4 is 27.5 Å². The van der Waals surface area contributed by atoms with Gasteiger partial charge in [0.25, 0.3) is 0 Å². The summed E-state index contributed by atoms with van der Waals surface area (Å²) in [5.41, 5.74) is 0.610. The van der Waals surface area contributed by atoms with Crippen molar-refractivity contribution in [2.45, 2.75) is 6.10 Å². The van der Waals surface area contributed by atoms with Crippen LogP contribution in [0.15, 0.2) is 34.8 Å². The van der Waals surface area contributed by atoms with Crippen molar-refractivity contribution in [2.75, 3.05) is 14.2 Å². The lowest BCUT2D eigenvalue weighted by Crippen LogP contribution is -2.04. The van der Waals surface area contributed by atoms with E-state index >= 15 is 0 Å². The Hall–Kier alpha value is -1.30. The number of rotatable bonds is 4. The summed E-state index contributed by atoms with van der Waals surface area (Å²) in [7, 11) is 2.87. The zero-order valence-corrected chi connectivity index (χ0v) is 13.7. The zero-order valence-electron chi connectivity index (χ0n) is 11.4. The van der Waals surface area contributed by atoms with Crippen LogP contribution in [-0.2, 0) is 0 Å². The minimum atomic E-state index is -1.14. The lowest BCUT2D eigenvalue weighted by molar-refractivity contribution is 0.213. The molecule has 1 unspecified atom stereocenters. The molecule has 0 bridgehead atoms. The summed E-state index contributed by atoms with van der Waals surface area (Å²) < 4.78 is 24.9. The maximum atomic E-state index is 14.1. The monoisotopic (exact) mass is 374 g/mol. The van der Waals surface area contributed by atoms with E-state index in [1.54, 1.807) is 18.2 Å². The number of aliphatic hydroxyl groups is 1. The fourth-order valence-corrected chi connectivity index (χ4v) is 2.46. The first-order chi connectivity index (χ1) is 9.97. The molecule has 2 aromatic carbocycles. The minimum absolute atomic E-state index is 0.0990. The van der Waals surface area contributed by atoms with Gasteiger partial charge in [0.05, 0.1) is 19.2 Å². The van der Waals surface area contributed by atoms with Gasteiger partial charge in [0.15, 0.2) is 11.5 Å². The number of halogens is 3. The third-order valence-corrected chi connectivity index (χ3v) is 4.27. The van der Waals surface area contributed by atoms with Gasteiger partial charge < -0.3 is 14.6 Å². The van der Waals surface area contributed by atoms with Crippen LogP contribution in [0.2, 0.25) is 5.02 Å². The summed E-state index contributed by atoms with van der Waals surface area (Å²) in [5.74, 6) is 0.0374. The molecule has 0 saturated heterocycles. The molecule has 0 fully saturated rings. The molecular formula is C15H13BrClFO3. The summed E-state index contributed by atoms with van der Waals surface area (Å²) in [6.45, 7) is 0. The van der Waals surface area contributed by atoms with E-state index in [9.17, 15) is 9.50 Å². The second kappa shape index (κ2) is 6.64. The van der Waals surface area contributed by atoms with E-state index in [1.165, 1.54) is 26.4 Å². The van der Waals surface area contributed by atoms with E-state index in [-0.39, 0.29) is 11.3 Å². The molecule has 0 aliphatic rings. The minimum Gasteiger partial charge on any atom is -0.493 e. The molecule has 0 amide bonds. The van der Waals surface area contributed by atoms with Crippen molar-refractivity contribution in [3.05, 3.63) is 56.8 Å². The maximum absolute atomic E-state index is 14.1. The van der Waals surface area contributed by atoms with Crippen molar-refractivity contribution in [2.24, 2.45) is 0 Å². The number of methoxy groups -OCH3 is 2. The molecule has 1 atom stereocenters. The van der Waals surface area contributed by atoms with E-state index in [0.29, 0.717) is 20.8 Å². The third kappa shape index (κ3) is 3.31. The van der Waals surface area contributed by atoms with Gasteiger partial charge >= 0.3 is 0 Å². The van der Waals surface area contributed by atoms with Crippen LogP contribution < -0.4 is 9.47 Å². The fourth-order valence-electron chi connectivity index (χ4n) is 1.94. The molecular weight excluding hydrogens is 363 g/mol. The van der Waals surface area contributed by atoms with E-state index in [2.05, 4.69) is 15.9 Å². The van der Waals surface area contributed by atoms with E-state index in [1.807, 2.05) is 0 Å². The molecule has 6 heteroatoms. The van der Waals surface area contributed by atoms with Crippen LogP contribution >= 0.6 is 27.5 Å². The number of aliphatic hydroxyl groups excluding tert-OH is 1. The molecule has 112 valence electrons. The molecule has 3 nitrogen and oxygen atoms in total. The van der Waals surface area contributed by atoms with Gasteiger partial charge in [0.1, 0.15) is 11.9 Å². The Labute approximate surface area is 135 Å². The Morgan fingerprint density at radius 3 is 2.33 bits per heavy atom. The second-order valence-electron chi connectivity index (χ2n) is 4.30. The SMILES string of the molecule is COc1cc(F)c(C(O)c2ccc(Cl)c(Br)c2)cc1OC. The number of hydrogen-bond donors (Lipinski definition) is 1. The molecule has 21 heavy (non-hydrogen) atoms. The van der Waals surface area contributed by atoms with Gasteiger partial charge in [-0.1, -0.05) is 17.7 Å².